The lowest BCUT2D eigenvalue weighted by molar-refractivity contribution is -0.125. The first-order valence-corrected chi connectivity index (χ1v) is 6.96. The van der Waals surface area contributed by atoms with Crippen molar-refractivity contribution in [1.29, 1.82) is 0 Å². The summed E-state index contributed by atoms with van der Waals surface area (Å²) in [4.78, 5) is 23.4. The molecule has 0 radical (unpaired) electrons. The van der Waals surface area contributed by atoms with Crippen molar-refractivity contribution < 1.29 is 14.3 Å². The van der Waals surface area contributed by atoms with Gasteiger partial charge in [-0.3, -0.25) is 9.59 Å². The van der Waals surface area contributed by atoms with Gasteiger partial charge < -0.3 is 15.4 Å². The molecule has 5 nitrogen and oxygen atoms in total. The molecule has 0 spiro atoms. The van der Waals surface area contributed by atoms with Gasteiger partial charge in [0.1, 0.15) is 5.75 Å². The highest BCUT2D eigenvalue weighted by molar-refractivity contribution is 5.95. The van der Waals surface area contributed by atoms with Crippen LogP contribution in [0.2, 0.25) is 0 Å². The van der Waals surface area contributed by atoms with E-state index in [1.165, 1.54) is 0 Å². The SMILES string of the molecule is CC(NC(=O)C12CC1C2)c1ccc2c(c1)NC(=O)CO2. The van der Waals surface area contributed by atoms with Crippen LogP contribution < -0.4 is 15.4 Å². The molecular weight excluding hydrogens is 256 g/mol. The maximum absolute atomic E-state index is 12.1. The van der Waals surface area contributed by atoms with E-state index in [4.69, 9.17) is 4.74 Å². The van der Waals surface area contributed by atoms with Gasteiger partial charge in [0.25, 0.3) is 5.91 Å². The molecule has 1 aromatic carbocycles. The summed E-state index contributed by atoms with van der Waals surface area (Å²) in [5.41, 5.74) is 1.63. The van der Waals surface area contributed by atoms with Gasteiger partial charge >= 0.3 is 0 Å². The van der Waals surface area contributed by atoms with Crippen LogP contribution in [0, 0.1) is 11.3 Å². The Morgan fingerprint density at radius 3 is 2.95 bits per heavy atom. The molecule has 104 valence electrons. The van der Waals surface area contributed by atoms with Crippen LogP contribution in [-0.4, -0.2) is 18.4 Å². The Bertz CT molecular complexity index is 620. The molecule has 1 aliphatic heterocycles. The fourth-order valence-corrected chi connectivity index (χ4v) is 2.87. The average Bonchev–Trinajstić information content (AvgIpc) is 3.26. The van der Waals surface area contributed by atoms with Gasteiger partial charge in [0.2, 0.25) is 5.91 Å². The molecule has 5 heteroatoms. The fraction of sp³-hybridized carbons (Fsp3) is 0.467. The lowest BCUT2D eigenvalue weighted by atomic mass is 10.1. The van der Waals surface area contributed by atoms with Crippen LogP contribution in [0.4, 0.5) is 5.69 Å². The summed E-state index contributed by atoms with van der Waals surface area (Å²) in [6.07, 6.45) is 2.11. The molecule has 1 atom stereocenters. The molecule has 1 unspecified atom stereocenters. The Labute approximate surface area is 116 Å². The maximum atomic E-state index is 12.1. The van der Waals surface area contributed by atoms with E-state index in [2.05, 4.69) is 10.6 Å². The number of benzene rings is 1. The first kappa shape index (κ1) is 11.8. The molecule has 2 amide bonds. The van der Waals surface area contributed by atoms with Crippen LogP contribution in [0.15, 0.2) is 18.2 Å². The van der Waals surface area contributed by atoms with Gasteiger partial charge in [-0.2, -0.15) is 0 Å². The minimum atomic E-state index is -0.149. The molecule has 2 fully saturated rings. The van der Waals surface area contributed by atoms with E-state index in [-0.39, 0.29) is 29.9 Å². The Morgan fingerprint density at radius 1 is 1.50 bits per heavy atom. The monoisotopic (exact) mass is 272 g/mol. The van der Waals surface area contributed by atoms with Crippen LogP contribution >= 0.6 is 0 Å². The zero-order chi connectivity index (χ0) is 13.9. The molecule has 1 heterocycles. The number of ether oxygens (including phenoxy) is 1. The Hall–Kier alpha value is -2.04. The quantitative estimate of drug-likeness (QED) is 0.878. The Balaban J connectivity index is 1.51. The van der Waals surface area contributed by atoms with Gasteiger partial charge in [0.15, 0.2) is 6.61 Å². The van der Waals surface area contributed by atoms with E-state index in [0.29, 0.717) is 17.4 Å². The number of hydrogen-bond donors (Lipinski definition) is 2. The lowest BCUT2D eigenvalue weighted by Gasteiger charge is -2.21. The van der Waals surface area contributed by atoms with Crippen LogP contribution in [-0.2, 0) is 9.59 Å². The number of rotatable bonds is 3. The first-order chi connectivity index (χ1) is 9.58. The molecule has 2 saturated carbocycles. The second kappa shape index (κ2) is 3.75. The second-order valence-electron chi connectivity index (χ2n) is 6.05. The van der Waals surface area contributed by atoms with Gasteiger partial charge in [0.05, 0.1) is 17.1 Å². The zero-order valence-corrected chi connectivity index (χ0v) is 11.2. The highest BCUT2D eigenvalue weighted by Gasteiger charge is 2.74. The van der Waals surface area contributed by atoms with E-state index >= 15 is 0 Å². The summed E-state index contributed by atoms with van der Waals surface area (Å²) in [5, 5.41) is 5.85. The normalized spacial score (nSPS) is 30.2. The lowest BCUT2D eigenvalue weighted by Crippen LogP contribution is -2.31. The molecule has 3 aliphatic rings. The minimum absolute atomic E-state index is 0.0141. The zero-order valence-electron chi connectivity index (χ0n) is 11.2. The van der Waals surface area contributed by atoms with Crippen LogP contribution in [0.3, 0.4) is 0 Å². The summed E-state index contributed by atoms with van der Waals surface area (Å²) in [5.74, 6) is 1.35. The van der Waals surface area contributed by atoms with Crippen molar-refractivity contribution in [3.8, 4) is 5.75 Å². The van der Waals surface area contributed by atoms with E-state index in [1.54, 1.807) is 0 Å². The van der Waals surface area contributed by atoms with Crippen LogP contribution in [0.1, 0.15) is 31.4 Å². The fourth-order valence-electron chi connectivity index (χ4n) is 2.87. The molecule has 2 N–H and O–H groups in total. The van der Waals surface area contributed by atoms with Crippen molar-refractivity contribution in [2.24, 2.45) is 11.3 Å². The summed E-state index contributed by atoms with van der Waals surface area (Å²) in [7, 11) is 0. The number of carbonyl (C=O) groups excluding carboxylic acids is 2. The van der Waals surface area contributed by atoms with Crippen LogP contribution in [0.25, 0.3) is 0 Å². The van der Waals surface area contributed by atoms with Gasteiger partial charge in [-0.05, 0) is 43.4 Å². The molecule has 20 heavy (non-hydrogen) atoms. The van der Waals surface area contributed by atoms with Crippen molar-refractivity contribution in [2.45, 2.75) is 25.8 Å². The summed E-state index contributed by atoms with van der Waals surface area (Å²) >= 11 is 0. The number of nitrogens with one attached hydrogen (secondary N) is 2. The highest BCUT2D eigenvalue weighted by atomic mass is 16.5. The van der Waals surface area contributed by atoms with Gasteiger partial charge in [0, 0.05) is 0 Å². The Morgan fingerprint density at radius 2 is 2.25 bits per heavy atom. The van der Waals surface area contributed by atoms with E-state index < -0.39 is 0 Å². The number of anilines is 1. The second-order valence-corrected chi connectivity index (χ2v) is 6.05. The minimum Gasteiger partial charge on any atom is -0.482 e. The predicted molar refractivity (Wildman–Crippen MR) is 72.3 cm³/mol. The molecule has 1 aromatic rings. The summed E-state index contributed by atoms with van der Waals surface area (Å²) in [6, 6.07) is 5.56. The number of hydrogen-bond acceptors (Lipinski definition) is 3. The molecule has 0 aromatic heterocycles. The van der Waals surface area contributed by atoms with Gasteiger partial charge in [-0.15, -0.1) is 0 Å². The smallest absolute Gasteiger partial charge is 0.262 e. The number of amides is 2. The van der Waals surface area contributed by atoms with Gasteiger partial charge in [-0.25, -0.2) is 0 Å². The van der Waals surface area contributed by atoms with Crippen LogP contribution in [0.5, 0.6) is 5.75 Å². The van der Waals surface area contributed by atoms with Crippen molar-refractivity contribution in [3.05, 3.63) is 23.8 Å². The summed E-state index contributed by atoms with van der Waals surface area (Å²) < 4.78 is 5.32. The standard InChI is InChI=1S/C15H16N2O3/c1-8(16-14(19)15-5-10(15)6-15)9-2-3-12-11(4-9)17-13(18)7-20-12/h2-4,8,10H,5-7H2,1H3,(H,16,19)(H,17,18). The number of fused-ring (bicyclic) bond motifs is 2. The summed E-state index contributed by atoms with van der Waals surface area (Å²) in [6.45, 7) is 2.02. The third-order valence-electron chi connectivity index (χ3n) is 4.62. The third-order valence-corrected chi connectivity index (χ3v) is 4.62. The van der Waals surface area contributed by atoms with Crippen molar-refractivity contribution in [2.75, 3.05) is 11.9 Å². The molecule has 0 saturated heterocycles. The largest absolute Gasteiger partial charge is 0.482 e. The van der Waals surface area contributed by atoms with E-state index in [0.717, 1.165) is 18.4 Å². The van der Waals surface area contributed by atoms with E-state index in [1.807, 2.05) is 25.1 Å². The maximum Gasteiger partial charge on any atom is 0.262 e. The van der Waals surface area contributed by atoms with Crippen molar-refractivity contribution >= 4 is 17.5 Å². The number of carbonyl (C=O) groups is 2. The van der Waals surface area contributed by atoms with Crippen molar-refractivity contribution in [3.63, 3.8) is 0 Å². The topological polar surface area (TPSA) is 67.4 Å². The van der Waals surface area contributed by atoms with E-state index in [9.17, 15) is 9.59 Å². The molecule has 2 aliphatic carbocycles. The third kappa shape index (κ3) is 1.69. The molecule has 4 rings (SSSR count). The highest BCUT2D eigenvalue weighted by Crippen LogP contribution is 2.75. The average molecular weight is 272 g/mol. The van der Waals surface area contributed by atoms with Crippen molar-refractivity contribution in [1.82, 2.24) is 5.32 Å². The first-order valence-electron chi connectivity index (χ1n) is 6.96. The predicted octanol–water partition coefficient (Wildman–Crippen LogP) is 1.60. The van der Waals surface area contributed by atoms with Gasteiger partial charge in [-0.1, -0.05) is 6.07 Å². The molecular formula is C15H16N2O3. The molecule has 0 bridgehead atoms. The Kier molecular flexibility index (Phi) is 2.20.